The standard InChI is InChI=1S/C13H22N2O/c1-10-5-6-13(16)12(7-10)8-14-11(2)9-15(3)4/h5-7,11,14,16H,8-9H2,1-4H3. The summed E-state index contributed by atoms with van der Waals surface area (Å²) in [6, 6.07) is 6.10. The average molecular weight is 222 g/mol. The monoisotopic (exact) mass is 222 g/mol. The molecule has 3 nitrogen and oxygen atoms in total. The predicted molar refractivity (Wildman–Crippen MR) is 67.7 cm³/mol. The number of aromatic hydroxyl groups is 1. The predicted octanol–water partition coefficient (Wildman–Crippen LogP) is 1.74. The maximum atomic E-state index is 9.68. The lowest BCUT2D eigenvalue weighted by Gasteiger charge is -2.18. The van der Waals surface area contributed by atoms with Gasteiger partial charge in [0.15, 0.2) is 0 Å². The highest BCUT2D eigenvalue weighted by molar-refractivity contribution is 5.35. The van der Waals surface area contributed by atoms with Gasteiger partial charge in [0.05, 0.1) is 0 Å². The Kier molecular flexibility index (Phi) is 4.77. The van der Waals surface area contributed by atoms with Gasteiger partial charge in [0, 0.05) is 24.7 Å². The number of nitrogens with zero attached hydrogens (tertiary/aromatic N) is 1. The smallest absolute Gasteiger partial charge is 0.120 e. The molecule has 1 atom stereocenters. The molecule has 0 aliphatic heterocycles. The second-order valence-electron chi connectivity index (χ2n) is 4.68. The molecule has 0 aliphatic rings. The molecule has 1 rings (SSSR count). The van der Waals surface area contributed by atoms with E-state index in [-0.39, 0.29) is 0 Å². The Morgan fingerprint density at radius 3 is 2.69 bits per heavy atom. The maximum absolute atomic E-state index is 9.68. The van der Waals surface area contributed by atoms with Crippen molar-refractivity contribution in [3.63, 3.8) is 0 Å². The van der Waals surface area contributed by atoms with Crippen molar-refractivity contribution in [2.75, 3.05) is 20.6 Å². The Morgan fingerprint density at radius 2 is 2.06 bits per heavy atom. The molecule has 1 aromatic rings. The Hall–Kier alpha value is -1.06. The molecule has 0 bridgehead atoms. The first kappa shape index (κ1) is 13.0. The summed E-state index contributed by atoms with van der Waals surface area (Å²) in [5.74, 6) is 0.371. The number of phenols is 1. The van der Waals surface area contributed by atoms with E-state index in [1.165, 1.54) is 5.56 Å². The minimum absolute atomic E-state index is 0.371. The minimum atomic E-state index is 0.371. The van der Waals surface area contributed by atoms with Crippen LogP contribution in [-0.4, -0.2) is 36.7 Å². The van der Waals surface area contributed by atoms with Crippen molar-refractivity contribution < 1.29 is 5.11 Å². The van der Waals surface area contributed by atoms with Crippen LogP contribution in [0, 0.1) is 6.92 Å². The molecule has 0 spiro atoms. The van der Waals surface area contributed by atoms with E-state index in [1.807, 2.05) is 19.1 Å². The van der Waals surface area contributed by atoms with Crippen LogP contribution in [0.25, 0.3) is 0 Å². The van der Waals surface area contributed by atoms with Gasteiger partial charge >= 0.3 is 0 Å². The zero-order chi connectivity index (χ0) is 12.1. The summed E-state index contributed by atoms with van der Waals surface area (Å²) < 4.78 is 0. The number of aryl methyl sites for hydroxylation is 1. The molecule has 1 aromatic carbocycles. The number of benzene rings is 1. The highest BCUT2D eigenvalue weighted by Crippen LogP contribution is 2.17. The quantitative estimate of drug-likeness (QED) is 0.796. The molecule has 0 saturated heterocycles. The fraction of sp³-hybridized carbons (Fsp3) is 0.538. The van der Waals surface area contributed by atoms with Gasteiger partial charge < -0.3 is 15.3 Å². The molecule has 0 fully saturated rings. The first-order valence-corrected chi connectivity index (χ1v) is 5.65. The molecule has 0 aromatic heterocycles. The van der Waals surface area contributed by atoms with Crippen LogP contribution in [0.15, 0.2) is 18.2 Å². The molecule has 90 valence electrons. The van der Waals surface area contributed by atoms with Crippen LogP contribution in [0.5, 0.6) is 5.75 Å². The molecule has 0 amide bonds. The molecule has 1 unspecified atom stereocenters. The fourth-order valence-corrected chi connectivity index (χ4v) is 1.75. The third-order valence-electron chi connectivity index (χ3n) is 2.51. The lowest BCUT2D eigenvalue weighted by molar-refractivity contribution is 0.347. The van der Waals surface area contributed by atoms with Crippen molar-refractivity contribution in [2.24, 2.45) is 0 Å². The van der Waals surface area contributed by atoms with Gasteiger partial charge in [0.2, 0.25) is 0 Å². The van der Waals surface area contributed by atoms with Crippen molar-refractivity contribution in [3.8, 4) is 5.75 Å². The highest BCUT2D eigenvalue weighted by atomic mass is 16.3. The van der Waals surface area contributed by atoms with E-state index in [1.54, 1.807) is 6.07 Å². The van der Waals surface area contributed by atoms with Gasteiger partial charge in [-0.05, 0) is 34.0 Å². The number of hydrogen-bond donors (Lipinski definition) is 2. The van der Waals surface area contributed by atoms with E-state index < -0.39 is 0 Å². The van der Waals surface area contributed by atoms with E-state index >= 15 is 0 Å². The number of hydrogen-bond acceptors (Lipinski definition) is 3. The van der Waals surface area contributed by atoms with Crippen LogP contribution < -0.4 is 5.32 Å². The first-order valence-electron chi connectivity index (χ1n) is 5.65. The van der Waals surface area contributed by atoms with Gasteiger partial charge in [-0.25, -0.2) is 0 Å². The van der Waals surface area contributed by atoms with Gasteiger partial charge in [-0.15, -0.1) is 0 Å². The molecule has 0 saturated carbocycles. The summed E-state index contributed by atoms with van der Waals surface area (Å²) in [7, 11) is 4.12. The van der Waals surface area contributed by atoms with Crippen molar-refractivity contribution in [1.82, 2.24) is 10.2 Å². The molecule has 3 heteroatoms. The second kappa shape index (κ2) is 5.87. The Bertz CT molecular complexity index is 337. The van der Waals surface area contributed by atoms with Crippen LogP contribution in [-0.2, 0) is 6.54 Å². The van der Waals surface area contributed by atoms with E-state index in [9.17, 15) is 5.11 Å². The fourth-order valence-electron chi connectivity index (χ4n) is 1.75. The SMILES string of the molecule is Cc1ccc(O)c(CNC(C)CN(C)C)c1. The van der Waals surface area contributed by atoms with Gasteiger partial charge in [-0.1, -0.05) is 17.7 Å². The highest BCUT2D eigenvalue weighted by Gasteiger charge is 2.05. The zero-order valence-corrected chi connectivity index (χ0v) is 10.6. The number of likely N-dealkylation sites (N-methyl/N-ethyl adjacent to an activating group) is 1. The topological polar surface area (TPSA) is 35.5 Å². The normalized spacial score (nSPS) is 13.1. The van der Waals surface area contributed by atoms with Crippen molar-refractivity contribution in [1.29, 1.82) is 0 Å². The van der Waals surface area contributed by atoms with Crippen LogP contribution >= 0.6 is 0 Å². The molecule has 0 heterocycles. The molecule has 0 radical (unpaired) electrons. The summed E-state index contributed by atoms with van der Waals surface area (Å²) in [5, 5.41) is 13.1. The van der Waals surface area contributed by atoms with Gasteiger partial charge in [0.1, 0.15) is 5.75 Å². The van der Waals surface area contributed by atoms with E-state index in [0.717, 1.165) is 12.1 Å². The number of nitrogens with one attached hydrogen (secondary N) is 1. The molecule has 16 heavy (non-hydrogen) atoms. The van der Waals surface area contributed by atoms with Gasteiger partial charge in [-0.2, -0.15) is 0 Å². The van der Waals surface area contributed by atoms with E-state index in [0.29, 0.717) is 18.3 Å². The third kappa shape index (κ3) is 4.21. The van der Waals surface area contributed by atoms with Gasteiger partial charge in [0.25, 0.3) is 0 Å². The summed E-state index contributed by atoms with van der Waals surface area (Å²) in [4.78, 5) is 2.15. The molecular formula is C13H22N2O. The van der Waals surface area contributed by atoms with Crippen molar-refractivity contribution in [3.05, 3.63) is 29.3 Å². The lowest BCUT2D eigenvalue weighted by Crippen LogP contribution is -2.35. The molecule has 0 aliphatic carbocycles. The van der Waals surface area contributed by atoms with Crippen LogP contribution in [0.3, 0.4) is 0 Å². The maximum Gasteiger partial charge on any atom is 0.120 e. The summed E-state index contributed by atoms with van der Waals surface area (Å²) in [6.45, 7) is 5.88. The summed E-state index contributed by atoms with van der Waals surface area (Å²) in [5.41, 5.74) is 2.14. The van der Waals surface area contributed by atoms with E-state index in [2.05, 4.69) is 31.2 Å². The Labute approximate surface area is 98.1 Å². The second-order valence-corrected chi connectivity index (χ2v) is 4.68. The van der Waals surface area contributed by atoms with Crippen molar-refractivity contribution >= 4 is 0 Å². The Morgan fingerprint density at radius 1 is 1.38 bits per heavy atom. The molecular weight excluding hydrogens is 200 g/mol. The number of rotatable bonds is 5. The van der Waals surface area contributed by atoms with Crippen LogP contribution in [0.1, 0.15) is 18.1 Å². The summed E-state index contributed by atoms with van der Waals surface area (Å²) >= 11 is 0. The average Bonchev–Trinajstić information content (AvgIpc) is 2.18. The minimum Gasteiger partial charge on any atom is -0.508 e. The number of phenolic OH excluding ortho intramolecular Hbond substituents is 1. The third-order valence-corrected chi connectivity index (χ3v) is 2.51. The Balaban J connectivity index is 2.51. The lowest BCUT2D eigenvalue weighted by atomic mass is 10.1. The van der Waals surface area contributed by atoms with Crippen LogP contribution in [0.4, 0.5) is 0 Å². The summed E-state index contributed by atoms with van der Waals surface area (Å²) in [6.07, 6.45) is 0. The van der Waals surface area contributed by atoms with Gasteiger partial charge in [-0.3, -0.25) is 0 Å². The van der Waals surface area contributed by atoms with E-state index in [4.69, 9.17) is 0 Å². The first-order chi connectivity index (χ1) is 7.49. The largest absolute Gasteiger partial charge is 0.508 e. The molecule has 2 N–H and O–H groups in total. The van der Waals surface area contributed by atoms with Crippen LogP contribution in [0.2, 0.25) is 0 Å². The zero-order valence-electron chi connectivity index (χ0n) is 10.6. The van der Waals surface area contributed by atoms with Crippen molar-refractivity contribution in [2.45, 2.75) is 26.4 Å².